The Morgan fingerprint density at radius 3 is 2.30 bits per heavy atom. The summed E-state index contributed by atoms with van der Waals surface area (Å²) in [6, 6.07) is 16.3. The first-order chi connectivity index (χ1) is 15.9. The molecule has 0 radical (unpaired) electrons. The zero-order valence-corrected chi connectivity index (χ0v) is 18.8. The maximum absolute atomic E-state index is 12.3. The lowest BCUT2D eigenvalue weighted by Crippen LogP contribution is -2.36. The first-order valence-corrected chi connectivity index (χ1v) is 11.1. The molecule has 0 fully saturated rings. The van der Waals surface area contributed by atoms with Gasteiger partial charge in [0, 0.05) is 25.4 Å². The lowest BCUT2D eigenvalue weighted by atomic mass is 9.98. The Labute approximate surface area is 194 Å². The number of nitrogens with one attached hydrogen (secondary N) is 1. The lowest BCUT2D eigenvalue weighted by Gasteiger charge is -2.21. The van der Waals surface area contributed by atoms with Crippen LogP contribution >= 0.6 is 0 Å². The van der Waals surface area contributed by atoms with Crippen LogP contribution in [0.4, 0.5) is 4.79 Å². The second-order valence-corrected chi connectivity index (χ2v) is 8.31. The smallest absolute Gasteiger partial charge is 0.407 e. The maximum atomic E-state index is 12.3. The zero-order valence-electron chi connectivity index (χ0n) is 18.8. The number of fused-ring (bicyclic) bond motifs is 3. The molecule has 2 aromatic rings. The second-order valence-electron chi connectivity index (χ2n) is 8.31. The normalized spacial score (nSPS) is 12.9. The summed E-state index contributed by atoms with van der Waals surface area (Å²) in [6.45, 7) is 5.91. The van der Waals surface area contributed by atoms with Crippen molar-refractivity contribution in [2.75, 3.05) is 26.2 Å². The molecule has 0 bridgehead atoms. The predicted molar refractivity (Wildman–Crippen MR) is 126 cm³/mol. The van der Waals surface area contributed by atoms with Gasteiger partial charge in [0.15, 0.2) is 0 Å². The molecule has 3 rings (SSSR count). The molecule has 2 amide bonds. The van der Waals surface area contributed by atoms with Gasteiger partial charge in [0.2, 0.25) is 5.91 Å². The van der Waals surface area contributed by atoms with Crippen LogP contribution in [-0.2, 0) is 14.3 Å². The number of amides is 2. The molecule has 7 nitrogen and oxygen atoms in total. The molecule has 2 aromatic carbocycles. The number of carbonyl (C=O) groups excluding carboxylic acids is 2. The van der Waals surface area contributed by atoms with E-state index < -0.39 is 12.1 Å². The Bertz CT molecular complexity index is 974. The summed E-state index contributed by atoms with van der Waals surface area (Å²) in [5, 5.41) is 11.7. The van der Waals surface area contributed by atoms with Crippen LogP contribution in [0.3, 0.4) is 0 Å². The first-order valence-electron chi connectivity index (χ1n) is 11.1. The van der Waals surface area contributed by atoms with Gasteiger partial charge >= 0.3 is 12.1 Å². The van der Waals surface area contributed by atoms with E-state index in [0.29, 0.717) is 13.0 Å². The van der Waals surface area contributed by atoms with Gasteiger partial charge in [-0.2, -0.15) is 0 Å². The van der Waals surface area contributed by atoms with Crippen LogP contribution in [0.2, 0.25) is 0 Å². The average molecular weight is 451 g/mol. The Kier molecular flexibility index (Phi) is 8.24. The van der Waals surface area contributed by atoms with Crippen LogP contribution in [0, 0.1) is 5.92 Å². The van der Waals surface area contributed by atoms with Gasteiger partial charge < -0.3 is 20.1 Å². The van der Waals surface area contributed by atoms with Crippen molar-refractivity contribution < 1.29 is 24.2 Å². The van der Waals surface area contributed by atoms with Gasteiger partial charge in [-0.1, -0.05) is 61.5 Å². The Hall–Kier alpha value is -3.61. The molecule has 1 atom stereocenters. The van der Waals surface area contributed by atoms with Crippen LogP contribution in [0.15, 0.2) is 61.2 Å². The van der Waals surface area contributed by atoms with Crippen molar-refractivity contribution in [2.45, 2.75) is 25.7 Å². The summed E-state index contributed by atoms with van der Waals surface area (Å²) < 4.78 is 5.51. The molecule has 0 saturated carbocycles. The van der Waals surface area contributed by atoms with Crippen molar-refractivity contribution in [3.8, 4) is 11.1 Å². The fourth-order valence-electron chi connectivity index (χ4n) is 4.17. The molecular formula is C26H30N2O5. The highest BCUT2D eigenvalue weighted by Gasteiger charge is 2.29. The second kappa shape index (κ2) is 11.3. The van der Waals surface area contributed by atoms with Gasteiger partial charge in [0.25, 0.3) is 0 Å². The number of alkyl carbamates (subject to hydrolysis) is 1. The predicted octanol–water partition coefficient (Wildman–Crippen LogP) is 4.04. The molecule has 1 aliphatic carbocycles. The molecule has 0 saturated heterocycles. The van der Waals surface area contributed by atoms with E-state index in [-0.39, 0.29) is 43.9 Å². The summed E-state index contributed by atoms with van der Waals surface area (Å²) in [5.74, 6) is -1.32. The summed E-state index contributed by atoms with van der Waals surface area (Å²) in [4.78, 5) is 36.8. The number of aliphatic carboxylic acids is 1. The number of carboxylic acids is 1. The molecule has 0 aromatic heterocycles. The topological polar surface area (TPSA) is 95.9 Å². The molecule has 174 valence electrons. The monoisotopic (exact) mass is 450 g/mol. The van der Waals surface area contributed by atoms with Gasteiger partial charge in [0.05, 0.1) is 0 Å². The SMILES string of the molecule is C=CCN(CC(=O)O)C(=O)CC(C)CCNC(=O)OCC1c2ccccc2-c2ccccc21. The van der Waals surface area contributed by atoms with E-state index >= 15 is 0 Å². The van der Waals surface area contributed by atoms with E-state index in [9.17, 15) is 14.4 Å². The maximum Gasteiger partial charge on any atom is 0.407 e. The van der Waals surface area contributed by atoms with Crippen molar-refractivity contribution in [1.29, 1.82) is 0 Å². The number of hydrogen-bond donors (Lipinski definition) is 2. The van der Waals surface area contributed by atoms with Gasteiger partial charge in [-0.15, -0.1) is 6.58 Å². The van der Waals surface area contributed by atoms with Crippen LogP contribution < -0.4 is 5.32 Å². The van der Waals surface area contributed by atoms with Crippen molar-refractivity contribution >= 4 is 18.0 Å². The van der Waals surface area contributed by atoms with Crippen LogP contribution in [-0.4, -0.2) is 54.2 Å². The largest absolute Gasteiger partial charge is 0.480 e. The highest BCUT2D eigenvalue weighted by molar-refractivity contribution is 5.81. The number of ether oxygens (including phenoxy) is 1. The molecule has 0 spiro atoms. The van der Waals surface area contributed by atoms with Crippen molar-refractivity contribution in [3.05, 3.63) is 72.3 Å². The fourth-order valence-corrected chi connectivity index (χ4v) is 4.17. The number of hydrogen-bond acceptors (Lipinski definition) is 4. The van der Waals surface area contributed by atoms with E-state index in [1.807, 2.05) is 31.2 Å². The summed E-state index contributed by atoms with van der Waals surface area (Å²) in [7, 11) is 0. The quantitative estimate of drug-likeness (QED) is 0.504. The minimum Gasteiger partial charge on any atom is -0.480 e. The van der Waals surface area contributed by atoms with E-state index in [4.69, 9.17) is 9.84 Å². The summed E-state index contributed by atoms with van der Waals surface area (Å²) in [6.07, 6.45) is 1.79. The fraction of sp³-hybridized carbons (Fsp3) is 0.346. The molecular weight excluding hydrogens is 420 g/mol. The Morgan fingerprint density at radius 2 is 1.73 bits per heavy atom. The third-order valence-corrected chi connectivity index (χ3v) is 5.80. The molecule has 1 aliphatic rings. The molecule has 1 unspecified atom stereocenters. The van der Waals surface area contributed by atoms with E-state index in [0.717, 1.165) is 11.1 Å². The van der Waals surface area contributed by atoms with Gasteiger partial charge in [0.1, 0.15) is 13.2 Å². The highest BCUT2D eigenvalue weighted by Crippen LogP contribution is 2.44. The number of benzene rings is 2. The van der Waals surface area contributed by atoms with Crippen LogP contribution in [0.5, 0.6) is 0 Å². The van der Waals surface area contributed by atoms with Crippen LogP contribution in [0.1, 0.15) is 36.8 Å². The lowest BCUT2D eigenvalue weighted by molar-refractivity contribution is -0.144. The van der Waals surface area contributed by atoms with Crippen molar-refractivity contribution in [3.63, 3.8) is 0 Å². The summed E-state index contributed by atoms with van der Waals surface area (Å²) in [5.41, 5.74) is 4.66. The Balaban J connectivity index is 1.44. The van der Waals surface area contributed by atoms with E-state index in [1.54, 1.807) is 0 Å². The van der Waals surface area contributed by atoms with Crippen molar-refractivity contribution in [1.82, 2.24) is 10.2 Å². The van der Waals surface area contributed by atoms with Gasteiger partial charge in [-0.25, -0.2) is 4.79 Å². The Morgan fingerprint density at radius 1 is 1.12 bits per heavy atom. The molecule has 33 heavy (non-hydrogen) atoms. The van der Waals surface area contributed by atoms with Crippen LogP contribution in [0.25, 0.3) is 11.1 Å². The van der Waals surface area contributed by atoms with Crippen molar-refractivity contribution in [2.24, 2.45) is 5.92 Å². The minimum absolute atomic E-state index is 0.00442. The number of nitrogens with zero attached hydrogens (tertiary/aromatic N) is 1. The average Bonchev–Trinajstić information content (AvgIpc) is 3.11. The molecule has 7 heteroatoms. The number of rotatable bonds is 11. The summed E-state index contributed by atoms with van der Waals surface area (Å²) >= 11 is 0. The standard InChI is InChI=1S/C26H30N2O5/c1-3-14-28(16-25(30)31)24(29)15-18(2)12-13-27-26(32)33-17-23-21-10-6-4-8-19(21)20-9-5-7-11-22(20)23/h3-11,18,23H,1,12-17H2,2H3,(H,27,32)(H,30,31). The molecule has 0 heterocycles. The third kappa shape index (κ3) is 6.22. The highest BCUT2D eigenvalue weighted by atomic mass is 16.5. The van der Waals surface area contributed by atoms with Gasteiger partial charge in [-0.3, -0.25) is 9.59 Å². The van der Waals surface area contributed by atoms with E-state index in [1.165, 1.54) is 22.1 Å². The number of carboxylic acid groups (broad SMARTS) is 1. The molecule has 0 aliphatic heterocycles. The minimum atomic E-state index is -1.06. The number of carbonyl (C=O) groups is 3. The molecule has 2 N–H and O–H groups in total. The first kappa shape index (κ1) is 24.0. The van der Waals surface area contributed by atoms with E-state index in [2.05, 4.69) is 36.2 Å². The third-order valence-electron chi connectivity index (χ3n) is 5.80. The van der Waals surface area contributed by atoms with Gasteiger partial charge in [-0.05, 0) is 34.6 Å². The zero-order chi connectivity index (χ0) is 23.8.